The second-order valence-corrected chi connectivity index (χ2v) is 4.64. The number of aryl methyl sites for hydroxylation is 1. The van der Waals surface area contributed by atoms with E-state index in [1.165, 1.54) is 26.4 Å². The molecule has 1 heterocycles. The number of nitrogens with zero attached hydrogens (tertiary/aromatic N) is 2. The molecule has 0 bridgehead atoms. The van der Waals surface area contributed by atoms with Crippen molar-refractivity contribution >= 4 is 40.5 Å². The number of carbonyl (C=O) groups is 2. The average Bonchev–Trinajstić information content (AvgIpc) is 2.82. The van der Waals surface area contributed by atoms with Crippen molar-refractivity contribution in [3.05, 3.63) is 34.5 Å². The van der Waals surface area contributed by atoms with Gasteiger partial charge in [-0.2, -0.15) is 5.10 Å². The minimum atomic E-state index is -0.556. The van der Waals surface area contributed by atoms with Gasteiger partial charge in [-0.15, -0.1) is 0 Å². The van der Waals surface area contributed by atoms with Gasteiger partial charge in [-0.25, -0.2) is 9.59 Å². The van der Waals surface area contributed by atoms with Gasteiger partial charge in [0.15, 0.2) is 0 Å². The smallest absolute Gasteiger partial charge is 0.339 e. The van der Waals surface area contributed by atoms with E-state index in [-0.39, 0.29) is 5.56 Å². The van der Waals surface area contributed by atoms with Crippen molar-refractivity contribution in [2.45, 2.75) is 0 Å². The summed E-state index contributed by atoms with van der Waals surface area (Å²) in [6.45, 7) is 0. The zero-order valence-electron chi connectivity index (χ0n) is 11.7. The maximum Gasteiger partial charge on any atom is 0.339 e. The lowest BCUT2D eigenvalue weighted by Crippen LogP contribution is -2.05. The molecule has 0 spiro atoms. The van der Waals surface area contributed by atoms with Gasteiger partial charge in [0.2, 0.25) is 0 Å². The van der Waals surface area contributed by atoms with Crippen molar-refractivity contribution < 1.29 is 19.1 Å². The summed E-state index contributed by atoms with van der Waals surface area (Å²) in [5, 5.41) is 5.10. The Morgan fingerprint density at radius 3 is 2.67 bits per heavy atom. The minimum Gasteiger partial charge on any atom is -0.466 e. The zero-order chi connectivity index (χ0) is 15.6. The van der Waals surface area contributed by atoms with E-state index >= 15 is 0 Å². The third-order valence-corrected chi connectivity index (χ3v) is 3.21. The number of rotatable bonds is 3. The van der Waals surface area contributed by atoms with Gasteiger partial charge in [-0.05, 0) is 12.1 Å². The number of halogens is 1. The summed E-state index contributed by atoms with van der Waals surface area (Å²) in [7, 11) is 4.28. The summed E-state index contributed by atoms with van der Waals surface area (Å²) < 4.78 is 10.9. The number of esters is 2. The van der Waals surface area contributed by atoms with Gasteiger partial charge in [0, 0.05) is 30.3 Å². The molecule has 0 aliphatic carbocycles. The number of methoxy groups -OCH3 is 2. The Balaban J connectivity index is 2.72. The first-order chi connectivity index (χ1) is 9.97. The lowest BCUT2D eigenvalue weighted by atomic mass is 10.0. The Hall–Kier alpha value is -2.34. The third kappa shape index (κ3) is 2.90. The summed E-state index contributed by atoms with van der Waals surface area (Å²) in [4.78, 5) is 23.3. The van der Waals surface area contributed by atoms with Gasteiger partial charge in [0.1, 0.15) is 0 Å². The summed E-state index contributed by atoms with van der Waals surface area (Å²) in [6.07, 6.45) is 4.30. The molecule has 0 atom stereocenters. The molecule has 6 nitrogen and oxygen atoms in total. The molecule has 0 fully saturated rings. The van der Waals surface area contributed by atoms with Gasteiger partial charge in [0.05, 0.1) is 30.3 Å². The van der Waals surface area contributed by atoms with Crippen LogP contribution in [0.3, 0.4) is 0 Å². The number of benzene rings is 1. The van der Waals surface area contributed by atoms with Crippen LogP contribution in [0.5, 0.6) is 0 Å². The molecule has 2 aromatic rings. The first-order valence-electron chi connectivity index (χ1n) is 5.98. The minimum absolute atomic E-state index is 0.258. The highest BCUT2D eigenvalue weighted by Crippen LogP contribution is 2.30. The largest absolute Gasteiger partial charge is 0.466 e. The van der Waals surface area contributed by atoms with Crippen LogP contribution in [-0.2, 0) is 21.3 Å². The Morgan fingerprint density at radius 2 is 2.05 bits per heavy atom. The number of aromatic nitrogens is 2. The summed E-state index contributed by atoms with van der Waals surface area (Å²) >= 11 is 6.18. The number of carbonyl (C=O) groups excluding carboxylic acids is 2. The first-order valence-corrected chi connectivity index (χ1v) is 6.36. The Bertz CT molecular complexity index is 749. The van der Waals surface area contributed by atoms with Gasteiger partial charge >= 0.3 is 11.9 Å². The molecule has 110 valence electrons. The fraction of sp³-hybridized carbons (Fsp3) is 0.214. The van der Waals surface area contributed by atoms with Crippen molar-refractivity contribution in [3.63, 3.8) is 0 Å². The highest BCUT2D eigenvalue weighted by atomic mass is 35.5. The summed E-state index contributed by atoms with van der Waals surface area (Å²) in [5.74, 6) is -1.10. The highest BCUT2D eigenvalue weighted by Gasteiger charge is 2.20. The number of hydrogen-bond donors (Lipinski definition) is 0. The molecule has 0 aliphatic heterocycles. The van der Waals surface area contributed by atoms with Crippen LogP contribution in [0.25, 0.3) is 17.0 Å². The van der Waals surface area contributed by atoms with Gasteiger partial charge in [-0.1, -0.05) is 11.6 Å². The van der Waals surface area contributed by atoms with Crippen molar-refractivity contribution in [1.29, 1.82) is 0 Å². The standard InChI is InChI=1S/C14H13ClN2O4/c1-17-7-9-11(16-17)6-10(15)8(4-5-12(18)20-2)13(9)14(19)21-3/h4-7H,1-3H3. The molecule has 21 heavy (non-hydrogen) atoms. The maximum atomic E-state index is 12.1. The predicted molar refractivity (Wildman–Crippen MR) is 78.1 cm³/mol. The Kier molecular flexibility index (Phi) is 4.28. The number of ether oxygens (including phenoxy) is 2. The Labute approximate surface area is 125 Å². The second-order valence-electron chi connectivity index (χ2n) is 4.23. The van der Waals surface area contributed by atoms with Crippen molar-refractivity contribution in [1.82, 2.24) is 9.78 Å². The van der Waals surface area contributed by atoms with E-state index < -0.39 is 11.9 Å². The maximum absolute atomic E-state index is 12.1. The molecule has 7 heteroatoms. The molecule has 0 unspecified atom stereocenters. The quantitative estimate of drug-likeness (QED) is 0.642. The topological polar surface area (TPSA) is 70.4 Å². The fourth-order valence-corrected chi connectivity index (χ4v) is 2.23. The van der Waals surface area contributed by atoms with Crippen molar-refractivity contribution in [2.75, 3.05) is 14.2 Å². The molecule has 0 radical (unpaired) electrons. The molecule has 0 saturated carbocycles. The van der Waals surface area contributed by atoms with Crippen LogP contribution in [0.4, 0.5) is 0 Å². The second kappa shape index (κ2) is 5.97. The monoisotopic (exact) mass is 308 g/mol. The van der Waals surface area contributed by atoms with E-state index in [1.54, 1.807) is 24.0 Å². The fourth-order valence-electron chi connectivity index (χ4n) is 1.97. The van der Waals surface area contributed by atoms with Crippen molar-refractivity contribution in [3.8, 4) is 0 Å². The SMILES string of the molecule is COC(=O)C=Cc1c(Cl)cc2nn(C)cc2c1C(=O)OC. The molecule has 2 rings (SSSR count). The zero-order valence-corrected chi connectivity index (χ0v) is 12.5. The molecule has 1 aromatic heterocycles. The molecule has 0 N–H and O–H groups in total. The summed E-state index contributed by atoms with van der Waals surface area (Å²) in [5.41, 5.74) is 1.21. The Morgan fingerprint density at radius 1 is 1.33 bits per heavy atom. The lowest BCUT2D eigenvalue weighted by Gasteiger charge is -2.07. The van der Waals surface area contributed by atoms with Crippen LogP contribution < -0.4 is 0 Å². The average molecular weight is 309 g/mol. The highest BCUT2D eigenvalue weighted by molar-refractivity contribution is 6.34. The van der Waals surface area contributed by atoms with Crippen LogP contribution in [0.1, 0.15) is 15.9 Å². The number of hydrogen-bond acceptors (Lipinski definition) is 5. The first kappa shape index (κ1) is 15.1. The molecule has 0 saturated heterocycles. The van der Waals surface area contributed by atoms with E-state index in [4.69, 9.17) is 16.3 Å². The number of fused-ring (bicyclic) bond motifs is 1. The van der Waals surface area contributed by atoms with Crippen molar-refractivity contribution in [2.24, 2.45) is 7.05 Å². The van der Waals surface area contributed by atoms with Gasteiger partial charge < -0.3 is 9.47 Å². The molecular formula is C14H13ClN2O4. The predicted octanol–water partition coefficient (Wildman–Crippen LogP) is 2.20. The molecule has 1 aromatic carbocycles. The summed E-state index contributed by atoms with van der Waals surface area (Å²) in [6, 6.07) is 1.63. The van der Waals surface area contributed by atoms with Gasteiger partial charge in [-0.3, -0.25) is 4.68 Å². The van der Waals surface area contributed by atoms with E-state index in [0.29, 0.717) is 21.5 Å². The van der Waals surface area contributed by atoms with Crippen LogP contribution in [-0.4, -0.2) is 35.9 Å². The normalized spacial score (nSPS) is 11.0. The molecule has 0 amide bonds. The lowest BCUT2D eigenvalue weighted by molar-refractivity contribution is -0.134. The van der Waals surface area contributed by atoms with Crippen LogP contribution in [0.2, 0.25) is 5.02 Å². The van der Waals surface area contributed by atoms with Crippen LogP contribution in [0.15, 0.2) is 18.3 Å². The third-order valence-electron chi connectivity index (χ3n) is 2.89. The van der Waals surface area contributed by atoms with E-state index in [9.17, 15) is 9.59 Å². The van der Waals surface area contributed by atoms with Crippen LogP contribution in [0, 0.1) is 0 Å². The van der Waals surface area contributed by atoms with E-state index in [2.05, 4.69) is 9.84 Å². The van der Waals surface area contributed by atoms with E-state index in [1.807, 2.05) is 0 Å². The molecular weight excluding hydrogens is 296 g/mol. The van der Waals surface area contributed by atoms with E-state index in [0.717, 1.165) is 0 Å². The van der Waals surface area contributed by atoms with Gasteiger partial charge in [0.25, 0.3) is 0 Å². The van der Waals surface area contributed by atoms with Crippen LogP contribution >= 0.6 is 11.6 Å². The molecule has 0 aliphatic rings.